The number of para-hydroxylation sites is 1. The predicted octanol–water partition coefficient (Wildman–Crippen LogP) is 4.74. The smallest absolute Gasteiger partial charge is 0.277 e. The van der Waals surface area contributed by atoms with Crippen molar-refractivity contribution >= 4 is 45.9 Å². The molecule has 0 aliphatic carbocycles. The molecule has 0 unspecified atom stereocenters. The monoisotopic (exact) mass is 402 g/mol. The number of carbonyl (C=O) groups excluding carboxylic acids is 1. The molecule has 0 spiro atoms. The van der Waals surface area contributed by atoms with Crippen molar-refractivity contribution < 1.29 is 13.6 Å². The Bertz CT molecular complexity index is 1130. The number of aromatic nitrogens is 3. The summed E-state index contributed by atoms with van der Waals surface area (Å²) in [5, 5.41) is 11.8. The molecule has 0 saturated heterocycles. The van der Waals surface area contributed by atoms with Crippen LogP contribution in [0, 0.1) is 5.82 Å². The summed E-state index contributed by atoms with van der Waals surface area (Å²) in [4.78, 5) is 15.2. The van der Waals surface area contributed by atoms with Crippen LogP contribution in [0.2, 0.25) is 5.02 Å². The largest absolute Gasteiger partial charge is 0.411 e. The summed E-state index contributed by atoms with van der Waals surface area (Å²) in [5.41, 5.74) is 2.18. The van der Waals surface area contributed by atoms with Crippen LogP contribution in [0.25, 0.3) is 22.4 Å². The predicted molar refractivity (Wildman–Crippen MR) is 102 cm³/mol. The van der Waals surface area contributed by atoms with Crippen LogP contribution in [-0.4, -0.2) is 26.8 Å². The molecule has 0 aliphatic rings. The number of aromatic amines is 1. The highest BCUT2D eigenvalue weighted by molar-refractivity contribution is 7.99. The molecule has 0 atom stereocenters. The molecule has 2 aromatic heterocycles. The van der Waals surface area contributed by atoms with Crippen LogP contribution in [0.15, 0.2) is 58.3 Å². The minimum atomic E-state index is -0.542. The summed E-state index contributed by atoms with van der Waals surface area (Å²) in [6.07, 6.45) is 1.80. The number of nitrogens with zero attached hydrogens (tertiary/aromatic N) is 2. The summed E-state index contributed by atoms with van der Waals surface area (Å²) in [7, 11) is 0. The number of benzene rings is 2. The van der Waals surface area contributed by atoms with E-state index in [1.54, 1.807) is 6.20 Å². The Morgan fingerprint density at radius 2 is 2.11 bits per heavy atom. The van der Waals surface area contributed by atoms with Gasteiger partial charge in [0.1, 0.15) is 5.82 Å². The second kappa shape index (κ2) is 7.42. The van der Waals surface area contributed by atoms with Crippen molar-refractivity contribution in [3.8, 4) is 11.5 Å². The maximum atomic E-state index is 13.1. The molecule has 4 rings (SSSR count). The van der Waals surface area contributed by atoms with Crippen molar-refractivity contribution in [3.05, 3.63) is 59.5 Å². The van der Waals surface area contributed by atoms with Gasteiger partial charge in [0, 0.05) is 22.8 Å². The third-order valence-corrected chi connectivity index (χ3v) is 4.86. The molecule has 0 fully saturated rings. The van der Waals surface area contributed by atoms with Crippen molar-refractivity contribution in [2.24, 2.45) is 0 Å². The van der Waals surface area contributed by atoms with Crippen molar-refractivity contribution in [3.63, 3.8) is 0 Å². The van der Waals surface area contributed by atoms with E-state index in [4.69, 9.17) is 16.0 Å². The third-order valence-electron chi connectivity index (χ3n) is 3.76. The molecular formula is C18H12ClFN4O2S. The van der Waals surface area contributed by atoms with Crippen LogP contribution in [0.5, 0.6) is 0 Å². The van der Waals surface area contributed by atoms with Crippen LogP contribution in [0.4, 0.5) is 10.1 Å². The maximum Gasteiger partial charge on any atom is 0.277 e. The van der Waals surface area contributed by atoms with Crippen LogP contribution < -0.4 is 5.32 Å². The first-order valence-electron chi connectivity index (χ1n) is 7.88. The number of carbonyl (C=O) groups is 1. The van der Waals surface area contributed by atoms with E-state index in [9.17, 15) is 9.18 Å². The van der Waals surface area contributed by atoms with Crippen LogP contribution >= 0.6 is 23.4 Å². The summed E-state index contributed by atoms with van der Waals surface area (Å²) in [6.45, 7) is 0. The fourth-order valence-electron chi connectivity index (χ4n) is 2.52. The van der Waals surface area contributed by atoms with Gasteiger partial charge in [0.25, 0.3) is 11.1 Å². The Balaban J connectivity index is 1.41. The Morgan fingerprint density at radius 1 is 1.26 bits per heavy atom. The first-order chi connectivity index (χ1) is 13.1. The molecule has 0 radical (unpaired) electrons. The van der Waals surface area contributed by atoms with Gasteiger partial charge in [0.2, 0.25) is 5.91 Å². The summed E-state index contributed by atoms with van der Waals surface area (Å²) < 4.78 is 18.8. The highest BCUT2D eigenvalue weighted by Crippen LogP contribution is 2.29. The van der Waals surface area contributed by atoms with E-state index >= 15 is 0 Å². The van der Waals surface area contributed by atoms with Crippen molar-refractivity contribution in [1.29, 1.82) is 0 Å². The lowest BCUT2D eigenvalue weighted by Gasteiger charge is -2.04. The number of thioether (sulfide) groups is 1. The summed E-state index contributed by atoms with van der Waals surface area (Å²) in [6, 6.07) is 11.8. The van der Waals surface area contributed by atoms with Gasteiger partial charge in [-0.3, -0.25) is 4.79 Å². The average Bonchev–Trinajstić information content (AvgIpc) is 3.29. The fourth-order valence-corrected chi connectivity index (χ4v) is 3.27. The fraction of sp³-hybridized carbons (Fsp3) is 0.0556. The molecule has 136 valence electrons. The number of hydrogen-bond acceptors (Lipinski definition) is 5. The Labute approximate surface area is 162 Å². The second-order valence-corrected chi connectivity index (χ2v) is 6.92. The standard InChI is InChI=1S/C18H12ClFN4O2S/c19-13-7-10(5-6-14(13)20)22-16(25)9-27-18-24-23-17(26-18)12-8-21-15-4-2-1-3-11(12)15/h1-8,21H,9H2,(H,22,25). The third kappa shape index (κ3) is 3.81. The molecule has 6 nitrogen and oxygen atoms in total. The molecule has 2 aromatic carbocycles. The molecule has 27 heavy (non-hydrogen) atoms. The Hall–Kier alpha value is -2.84. The SMILES string of the molecule is O=C(CSc1nnc(-c2c[nH]c3ccccc23)o1)Nc1ccc(F)c(Cl)c1. The van der Waals surface area contributed by atoms with Gasteiger partial charge >= 0.3 is 0 Å². The van der Waals surface area contributed by atoms with Crippen molar-refractivity contribution in [2.75, 3.05) is 11.1 Å². The topological polar surface area (TPSA) is 83.8 Å². The van der Waals surface area contributed by atoms with Gasteiger partial charge < -0.3 is 14.7 Å². The molecule has 4 aromatic rings. The van der Waals surface area contributed by atoms with E-state index in [2.05, 4.69) is 20.5 Å². The van der Waals surface area contributed by atoms with Gasteiger partial charge in [0.15, 0.2) is 0 Å². The molecule has 9 heteroatoms. The summed E-state index contributed by atoms with van der Waals surface area (Å²) in [5.74, 6) is -0.403. The average molecular weight is 403 g/mol. The zero-order chi connectivity index (χ0) is 18.8. The molecule has 2 N–H and O–H groups in total. The highest BCUT2D eigenvalue weighted by atomic mass is 35.5. The van der Waals surface area contributed by atoms with Gasteiger partial charge in [-0.2, -0.15) is 0 Å². The second-order valence-electron chi connectivity index (χ2n) is 5.59. The van der Waals surface area contributed by atoms with Gasteiger partial charge in [-0.05, 0) is 24.3 Å². The lowest BCUT2D eigenvalue weighted by molar-refractivity contribution is -0.113. The quantitative estimate of drug-likeness (QED) is 0.471. The number of anilines is 1. The number of hydrogen-bond donors (Lipinski definition) is 2. The zero-order valence-corrected chi connectivity index (χ0v) is 15.3. The highest BCUT2D eigenvalue weighted by Gasteiger charge is 2.14. The van der Waals surface area contributed by atoms with Crippen LogP contribution in [-0.2, 0) is 4.79 Å². The van der Waals surface area contributed by atoms with E-state index in [0.717, 1.165) is 28.2 Å². The van der Waals surface area contributed by atoms with E-state index in [1.165, 1.54) is 18.2 Å². The van der Waals surface area contributed by atoms with E-state index in [1.807, 2.05) is 24.3 Å². The molecule has 0 aliphatic heterocycles. The minimum Gasteiger partial charge on any atom is -0.411 e. The molecule has 0 bridgehead atoms. The van der Waals surface area contributed by atoms with E-state index < -0.39 is 5.82 Å². The number of nitrogens with one attached hydrogen (secondary N) is 2. The van der Waals surface area contributed by atoms with Crippen LogP contribution in [0.3, 0.4) is 0 Å². The normalized spacial score (nSPS) is 11.0. The number of H-pyrrole nitrogens is 1. The molecule has 0 saturated carbocycles. The zero-order valence-electron chi connectivity index (χ0n) is 13.7. The minimum absolute atomic E-state index is 0.0549. The Kier molecular flexibility index (Phi) is 4.83. The first-order valence-corrected chi connectivity index (χ1v) is 9.24. The summed E-state index contributed by atoms with van der Waals surface area (Å²) >= 11 is 6.81. The van der Waals surface area contributed by atoms with Crippen molar-refractivity contribution in [2.45, 2.75) is 5.22 Å². The van der Waals surface area contributed by atoms with Gasteiger partial charge in [-0.25, -0.2) is 4.39 Å². The van der Waals surface area contributed by atoms with E-state index in [-0.39, 0.29) is 21.9 Å². The molecule has 1 amide bonds. The van der Waals surface area contributed by atoms with Gasteiger partial charge in [-0.1, -0.05) is 41.6 Å². The number of amides is 1. The van der Waals surface area contributed by atoms with Crippen molar-refractivity contribution in [1.82, 2.24) is 15.2 Å². The number of halogens is 2. The first kappa shape index (κ1) is 17.6. The van der Waals surface area contributed by atoms with Crippen LogP contribution in [0.1, 0.15) is 0 Å². The number of fused-ring (bicyclic) bond motifs is 1. The van der Waals surface area contributed by atoms with E-state index in [0.29, 0.717) is 11.6 Å². The maximum absolute atomic E-state index is 13.1. The lowest BCUT2D eigenvalue weighted by atomic mass is 10.2. The van der Waals surface area contributed by atoms with Gasteiger partial charge in [0.05, 0.1) is 16.3 Å². The Morgan fingerprint density at radius 3 is 2.96 bits per heavy atom. The lowest BCUT2D eigenvalue weighted by Crippen LogP contribution is -2.14. The molecule has 2 heterocycles. The van der Waals surface area contributed by atoms with Gasteiger partial charge in [-0.15, -0.1) is 10.2 Å². The molecular weight excluding hydrogens is 391 g/mol. The number of rotatable bonds is 5.